The molecule has 6 rings (SSSR count). The molecule has 0 fully saturated rings. The first kappa shape index (κ1) is 24.4. The Morgan fingerprint density at radius 1 is 0.513 bits per heavy atom. The third-order valence-electron chi connectivity index (χ3n) is 7.60. The highest BCUT2D eigenvalue weighted by Gasteiger charge is 2.24. The van der Waals surface area contributed by atoms with Gasteiger partial charge in [0.15, 0.2) is 17.3 Å². The van der Waals surface area contributed by atoms with Gasteiger partial charge in [-0.25, -0.2) is 0 Å². The lowest BCUT2D eigenvalue weighted by Gasteiger charge is -2.20. The SMILES string of the molecule is CC(=O)c1ccc(C(=O)c2c(-c3ccc(C(C)=O)cc3)c3c4ccccc4c(C)cc3c3ccccc23)cc1. The minimum Gasteiger partial charge on any atom is -0.295 e. The van der Waals surface area contributed by atoms with E-state index in [0.717, 1.165) is 43.4 Å². The Morgan fingerprint density at radius 3 is 1.59 bits per heavy atom. The second-order valence-electron chi connectivity index (χ2n) is 10.1. The van der Waals surface area contributed by atoms with E-state index >= 15 is 0 Å². The van der Waals surface area contributed by atoms with Gasteiger partial charge in [0.1, 0.15) is 0 Å². The number of fused-ring (bicyclic) bond motifs is 5. The summed E-state index contributed by atoms with van der Waals surface area (Å²) < 4.78 is 0. The van der Waals surface area contributed by atoms with Gasteiger partial charge in [0.25, 0.3) is 0 Å². The van der Waals surface area contributed by atoms with E-state index in [2.05, 4.69) is 31.2 Å². The Bertz CT molecular complexity index is 1960. The molecular weight excluding hydrogens is 480 g/mol. The molecule has 0 heterocycles. The van der Waals surface area contributed by atoms with Crippen LogP contribution in [0.15, 0.2) is 103 Å². The van der Waals surface area contributed by atoms with Crippen molar-refractivity contribution in [2.45, 2.75) is 20.8 Å². The molecule has 0 aliphatic heterocycles. The van der Waals surface area contributed by atoms with Crippen molar-refractivity contribution >= 4 is 49.7 Å². The molecule has 3 heteroatoms. The summed E-state index contributed by atoms with van der Waals surface area (Å²) in [4.78, 5) is 38.3. The molecule has 0 aliphatic carbocycles. The van der Waals surface area contributed by atoms with Crippen LogP contribution in [-0.4, -0.2) is 17.3 Å². The molecule has 6 aromatic carbocycles. The van der Waals surface area contributed by atoms with Crippen LogP contribution >= 0.6 is 0 Å². The molecule has 39 heavy (non-hydrogen) atoms. The number of rotatable bonds is 5. The zero-order valence-corrected chi connectivity index (χ0v) is 22.0. The molecule has 0 aromatic heterocycles. The Balaban J connectivity index is 1.79. The third kappa shape index (κ3) is 4.04. The fourth-order valence-corrected chi connectivity index (χ4v) is 5.63. The molecule has 188 valence electrons. The Hall–Kier alpha value is -4.89. The highest BCUT2D eigenvalue weighted by Crippen LogP contribution is 2.44. The maximum absolute atomic E-state index is 14.4. The zero-order valence-electron chi connectivity index (χ0n) is 22.0. The zero-order chi connectivity index (χ0) is 27.3. The largest absolute Gasteiger partial charge is 0.295 e. The number of aryl methyl sites for hydroxylation is 1. The number of carbonyl (C=O) groups excluding carboxylic acids is 3. The number of ketones is 3. The molecule has 0 saturated heterocycles. The van der Waals surface area contributed by atoms with Crippen molar-refractivity contribution in [3.05, 3.63) is 131 Å². The average Bonchev–Trinajstić information content (AvgIpc) is 2.96. The molecule has 0 N–H and O–H groups in total. The van der Waals surface area contributed by atoms with E-state index in [4.69, 9.17) is 0 Å². The van der Waals surface area contributed by atoms with Gasteiger partial charge in [-0.05, 0) is 64.2 Å². The predicted molar refractivity (Wildman–Crippen MR) is 159 cm³/mol. The standard InChI is InChI=1S/C36H26O3/c1-21-20-32-29-9-5-7-11-31(29)35(36(39)27-18-14-25(15-19-27)23(3)38)33(26-16-12-24(13-17-26)22(2)37)34(32)30-10-6-4-8-28(21)30/h4-20H,1-3H3. The van der Waals surface area contributed by atoms with E-state index in [0.29, 0.717) is 22.3 Å². The van der Waals surface area contributed by atoms with Crippen molar-refractivity contribution in [2.24, 2.45) is 0 Å². The summed E-state index contributed by atoms with van der Waals surface area (Å²) in [6, 6.07) is 32.9. The molecule has 0 amide bonds. The highest BCUT2D eigenvalue weighted by molar-refractivity contribution is 6.32. The summed E-state index contributed by atoms with van der Waals surface area (Å²) in [5.74, 6) is -0.162. The lowest BCUT2D eigenvalue weighted by molar-refractivity contribution is 0.100. The van der Waals surface area contributed by atoms with Crippen LogP contribution in [0.3, 0.4) is 0 Å². The van der Waals surface area contributed by atoms with Gasteiger partial charge in [-0.2, -0.15) is 0 Å². The van der Waals surface area contributed by atoms with Gasteiger partial charge in [0.2, 0.25) is 0 Å². The summed E-state index contributed by atoms with van der Waals surface area (Å²) in [5, 5.41) is 6.17. The molecule has 6 aromatic rings. The first-order valence-electron chi connectivity index (χ1n) is 13.0. The van der Waals surface area contributed by atoms with Crippen LogP contribution < -0.4 is 0 Å². The fraction of sp³-hybridized carbons (Fsp3) is 0.0833. The highest BCUT2D eigenvalue weighted by atomic mass is 16.1. The molecule has 0 saturated carbocycles. The monoisotopic (exact) mass is 506 g/mol. The van der Waals surface area contributed by atoms with Crippen LogP contribution in [0.5, 0.6) is 0 Å². The van der Waals surface area contributed by atoms with Crippen molar-refractivity contribution in [1.29, 1.82) is 0 Å². The van der Waals surface area contributed by atoms with Crippen LogP contribution in [0.2, 0.25) is 0 Å². The average molecular weight is 507 g/mol. The third-order valence-corrected chi connectivity index (χ3v) is 7.60. The van der Waals surface area contributed by atoms with E-state index in [1.54, 1.807) is 31.2 Å². The van der Waals surface area contributed by atoms with E-state index in [-0.39, 0.29) is 17.3 Å². The lowest BCUT2D eigenvalue weighted by atomic mass is 9.82. The van der Waals surface area contributed by atoms with E-state index in [1.807, 2.05) is 54.6 Å². The van der Waals surface area contributed by atoms with Crippen LogP contribution in [0.1, 0.15) is 56.0 Å². The number of carbonyl (C=O) groups is 3. The van der Waals surface area contributed by atoms with Gasteiger partial charge in [-0.15, -0.1) is 0 Å². The summed E-state index contributed by atoms with van der Waals surface area (Å²) in [6.07, 6.45) is 0. The Morgan fingerprint density at radius 2 is 1.00 bits per heavy atom. The van der Waals surface area contributed by atoms with Gasteiger partial charge in [-0.3, -0.25) is 14.4 Å². The molecule has 0 unspecified atom stereocenters. The molecule has 0 spiro atoms. The molecule has 3 nitrogen and oxygen atoms in total. The summed E-state index contributed by atoms with van der Waals surface area (Å²) >= 11 is 0. The maximum Gasteiger partial charge on any atom is 0.194 e. The van der Waals surface area contributed by atoms with Gasteiger partial charge >= 0.3 is 0 Å². The molecule has 0 bridgehead atoms. The molecule has 0 atom stereocenters. The quantitative estimate of drug-likeness (QED) is 0.173. The summed E-state index contributed by atoms with van der Waals surface area (Å²) in [5.41, 5.74) is 5.19. The van der Waals surface area contributed by atoms with Crippen LogP contribution in [0.4, 0.5) is 0 Å². The second-order valence-corrected chi connectivity index (χ2v) is 10.1. The minimum atomic E-state index is -0.112. The van der Waals surface area contributed by atoms with Gasteiger partial charge in [-0.1, -0.05) is 103 Å². The van der Waals surface area contributed by atoms with E-state index in [9.17, 15) is 14.4 Å². The number of hydrogen-bond donors (Lipinski definition) is 0. The van der Waals surface area contributed by atoms with Crippen LogP contribution in [-0.2, 0) is 0 Å². The minimum absolute atomic E-state index is 0.00662. The van der Waals surface area contributed by atoms with Gasteiger partial charge in [0, 0.05) is 27.8 Å². The van der Waals surface area contributed by atoms with Gasteiger partial charge in [0.05, 0.1) is 0 Å². The Labute approximate surface area is 226 Å². The predicted octanol–water partition coefficient (Wildman–Crippen LogP) is 8.76. The van der Waals surface area contributed by atoms with E-state index in [1.165, 1.54) is 12.5 Å². The maximum atomic E-state index is 14.4. The summed E-state index contributed by atoms with van der Waals surface area (Å²) in [6.45, 7) is 5.19. The molecule has 0 radical (unpaired) electrons. The van der Waals surface area contributed by atoms with Crippen molar-refractivity contribution in [3.63, 3.8) is 0 Å². The summed E-state index contributed by atoms with van der Waals surface area (Å²) in [7, 11) is 0. The van der Waals surface area contributed by atoms with Crippen molar-refractivity contribution in [2.75, 3.05) is 0 Å². The lowest BCUT2D eigenvalue weighted by Crippen LogP contribution is -2.07. The molecule has 0 aliphatic rings. The Kier molecular flexibility index (Phi) is 5.92. The number of benzene rings is 6. The van der Waals surface area contributed by atoms with Crippen LogP contribution in [0, 0.1) is 6.92 Å². The number of hydrogen-bond acceptors (Lipinski definition) is 3. The normalized spacial score (nSPS) is 11.3. The first-order valence-corrected chi connectivity index (χ1v) is 13.0. The van der Waals surface area contributed by atoms with Gasteiger partial charge < -0.3 is 0 Å². The fourth-order valence-electron chi connectivity index (χ4n) is 5.63. The second kappa shape index (κ2) is 9.45. The smallest absolute Gasteiger partial charge is 0.194 e. The number of Topliss-reactive ketones (excluding diaryl/α,β-unsaturated/α-hetero) is 2. The van der Waals surface area contributed by atoms with Crippen molar-refractivity contribution in [3.8, 4) is 11.1 Å². The molecular formula is C36H26O3. The van der Waals surface area contributed by atoms with Crippen LogP contribution in [0.25, 0.3) is 43.4 Å². The van der Waals surface area contributed by atoms with Crippen molar-refractivity contribution < 1.29 is 14.4 Å². The van der Waals surface area contributed by atoms with Crippen molar-refractivity contribution in [1.82, 2.24) is 0 Å². The first-order chi connectivity index (χ1) is 18.8. The topological polar surface area (TPSA) is 51.2 Å². The van der Waals surface area contributed by atoms with E-state index < -0.39 is 0 Å².